The van der Waals surface area contributed by atoms with Gasteiger partial charge in [-0.15, -0.1) is 0 Å². The van der Waals surface area contributed by atoms with Crippen LogP contribution in [0.1, 0.15) is 0 Å². The molecule has 0 radical (unpaired) electrons. The van der Waals surface area contributed by atoms with Crippen LogP contribution < -0.4 is 10.6 Å². The van der Waals surface area contributed by atoms with Crippen LogP contribution in [0.2, 0.25) is 0 Å². The maximum atomic E-state index is 11.2. The van der Waals surface area contributed by atoms with Crippen molar-refractivity contribution in [2.45, 2.75) is 0 Å². The van der Waals surface area contributed by atoms with Gasteiger partial charge in [0.1, 0.15) is 0 Å². The van der Waals surface area contributed by atoms with Crippen LogP contribution in [0.25, 0.3) is 10.8 Å². The molecule has 1 heterocycles. The summed E-state index contributed by atoms with van der Waals surface area (Å²) < 4.78 is 0. The van der Waals surface area contributed by atoms with Crippen molar-refractivity contribution in [1.29, 1.82) is 0 Å². The monoisotopic (exact) mass is 201 g/mol. The highest BCUT2D eigenvalue weighted by Crippen LogP contribution is 2.21. The zero-order valence-electron chi connectivity index (χ0n) is 8.32. The van der Waals surface area contributed by atoms with Crippen LogP contribution in [0, 0.1) is 0 Å². The fourth-order valence-electron chi connectivity index (χ4n) is 1.40. The summed E-state index contributed by atoms with van der Waals surface area (Å²) in [4.78, 5) is 15.2. The first-order chi connectivity index (χ1) is 7.31. The average Bonchev–Trinajstić information content (AvgIpc) is 2.29. The Bertz CT molecular complexity index is 491. The van der Waals surface area contributed by atoms with Gasteiger partial charge in [-0.1, -0.05) is 24.3 Å². The molecule has 0 aliphatic rings. The third-order valence-corrected chi connectivity index (χ3v) is 2.14. The van der Waals surface area contributed by atoms with Crippen molar-refractivity contribution in [1.82, 2.24) is 10.3 Å². The van der Waals surface area contributed by atoms with E-state index in [2.05, 4.69) is 15.6 Å². The molecule has 0 aliphatic carbocycles. The lowest BCUT2D eigenvalue weighted by molar-refractivity contribution is 0.254. The van der Waals surface area contributed by atoms with Crippen LogP contribution in [0.4, 0.5) is 10.5 Å². The third-order valence-electron chi connectivity index (χ3n) is 2.14. The Labute approximate surface area is 87.3 Å². The largest absolute Gasteiger partial charge is 0.341 e. The maximum Gasteiger partial charge on any atom is 0.319 e. The smallest absolute Gasteiger partial charge is 0.319 e. The van der Waals surface area contributed by atoms with Gasteiger partial charge in [-0.2, -0.15) is 0 Å². The Morgan fingerprint density at radius 3 is 2.87 bits per heavy atom. The lowest BCUT2D eigenvalue weighted by Gasteiger charge is -2.06. The number of nitrogens with one attached hydrogen (secondary N) is 2. The molecule has 2 N–H and O–H groups in total. The van der Waals surface area contributed by atoms with Gasteiger partial charge < -0.3 is 10.6 Å². The zero-order valence-corrected chi connectivity index (χ0v) is 8.32. The molecule has 2 amide bonds. The molecule has 4 nitrogen and oxygen atoms in total. The van der Waals surface area contributed by atoms with Gasteiger partial charge >= 0.3 is 6.03 Å². The number of fused-ring (bicyclic) bond motifs is 1. The van der Waals surface area contributed by atoms with E-state index in [0.29, 0.717) is 5.69 Å². The Balaban J connectivity index is 2.46. The molecular weight excluding hydrogens is 190 g/mol. The summed E-state index contributed by atoms with van der Waals surface area (Å²) in [6.45, 7) is 0. The van der Waals surface area contributed by atoms with Gasteiger partial charge in [0.05, 0.1) is 11.9 Å². The molecule has 0 atom stereocenters. The fourth-order valence-corrected chi connectivity index (χ4v) is 1.40. The number of anilines is 1. The Kier molecular flexibility index (Phi) is 2.49. The second-order valence-corrected chi connectivity index (χ2v) is 3.11. The first kappa shape index (κ1) is 9.45. The quantitative estimate of drug-likeness (QED) is 0.741. The van der Waals surface area contributed by atoms with Crippen LogP contribution in [0.15, 0.2) is 36.7 Å². The van der Waals surface area contributed by atoms with E-state index in [4.69, 9.17) is 0 Å². The Hall–Kier alpha value is -2.10. The van der Waals surface area contributed by atoms with E-state index in [-0.39, 0.29) is 6.03 Å². The molecule has 2 rings (SSSR count). The van der Waals surface area contributed by atoms with Crippen molar-refractivity contribution in [2.24, 2.45) is 0 Å². The highest BCUT2D eigenvalue weighted by molar-refractivity contribution is 6.00. The zero-order chi connectivity index (χ0) is 10.7. The van der Waals surface area contributed by atoms with E-state index in [1.807, 2.05) is 24.3 Å². The number of urea groups is 1. The SMILES string of the molecule is CNC(=O)Nc1cncc2ccccc12. The van der Waals surface area contributed by atoms with Crippen LogP contribution in [-0.4, -0.2) is 18.1 Å². The minimum atomic E-state index is -0.242. The molecule has 0 fully saturated rings. The molecule has 0 unspecified atom stereocenters. The molecule has 0 aliphatic heterocycles. The second-order valence-electron chi connectivity index (χ2n) is 3.11. The van der Waals surface area contributed by atoms with Crippen LogP contribution in [0.5, 0.6) is 0 Å². The summed E-state index contributed by atoms with van der Waals surface area (Å²) >= 11 is 0. The number of hydrogen-bond donors (Lipinski definition) is 2. The summed E-state index contributed by atoms with van der Waals surface area (Å²) in [6.07, 6.45) is 3.40. The van der Waals surface area contributed by atoms with E-state index in [1.54, 1.807) is 19.4 Å². The number of hydrogen-bond acceptors (Lipinski definition) is 2. The van der Waals surface area contributed by atoms with E-state index >= 15 is 0 Å². The van der Waals surface area contributed by atoms with Gasteiger partial charge in [0, 0.05) is 24.0 Å². The molecule has 1 aromatic heterocycles. The minimum Gasteiger partial charge on any atom is -0.341 e. The number of amides is 2. The number of carbonyl (C=O) groups excluding carboxylic acids is 1. The van der Waals surface area contributed by atoms with E-state index in [0.717, 1.165) is 10.8 Å². The van der Waals surface area contributed by atoms with Gasteiger partial charge in [0.15, 0.2) is 0 Å². The first-order valence-electron chi connectivity index (χ1n) is 4.63. The summed E-state index contributed by atoms with van der Waals surface area (Å²) in [7, 11) is 1.58. The lowest BCUT2D eigenvalue weighted by Crippen LogP contribution is -2.24. The van der Waals surface area contributed by atoms with Crippen LogP contribution >= 0.6 is 0 Å². The predicted molar refractivity (Wildman–Crippen MR) is 59.8 cm³/mol. The van der Waals surface area contributed by atoms with Crippen molar-refractivity contribution >= 4 is 22.5 Å². The molecule has 15 heavy (non-hydrogen) atoms. The highest BCUT2D eigenvalue weighted by Gasteiger charge is 2.03. The van der Waals surface area contributed by atoms with Gasteiger partial charge in [0.2, 0.25) is 0 Å². The molecule has 2 aromatic rings. The van der Waals surface area contributed by atoms with Gasteiger partial charge in [0.25, 0.3) is 0 Å². The predicted octanol–water partition coefficient (Wildman–Crippen LogP) is 1.99. The molecule has 0 bridgehead atoms. The number of aromatic nitrogens is 1. The first-order valence-corrected chi connectivity index (χ1v) is 4.63. The number of carbonyl (C=O) groups is 1. The molecule has 76 valence electrons. The van der Waals surface area contributed by atoms with Crippen molar-refractivity contribution in [3.8, 4) is 0 Å². The van der Waals surface area contributed by atoms with E-state index < -0.39 is 0 Å². The summed E-state index contributed by atoms with van der Waals surface area (Å²) in [6, 6.07) is 7.53. The average molecular weight is 201 g/mol. The molecular formula is C11H11N3O. The summed E-state index contributed by atoms with van der Waals surface area (Å²) in [5.41, 5.74) is 0.715. The van der Waals surface area contributed by atoms with Crippen molar-refractivity contribution in [2.75, 3.05) is 12.4 Å². The number of rotatable bonds is 1. The molecule has 0 saturated carbocycles. The van der Waals surface area contributed by atoms with Gasteiger partial charge in [-0.3, -0.25) is 4.98 Å². The van der Waals surface area contributed by atoms with Crippen LogP contribution in [-0.2, 0) is 0 Å². The highest BCUT2D eigenvalue weighted by atomic mass is 16.2. The molecule has 1 aromatic carbocycles. The number of pyridine rings is 1. The second kappa shape index (κ2) is 3.96. The fraction of sp³-hybridized carbons (Fsp3) is 0.0909. The standard InChI is InChI=1S/C11H11N3O/c1-12-11(15)14-10-7-13-6-8-4-2-3-5-9(8)10/h2-7H,1H3,(H2,12,14,15). The molecule has 0 spiro atoms. The molecule has 0 saturated heterocycles. The van der Waals surface area contributed by atoms with E-state index in [1.165, 1.54) is 0 Å². The van der Waals surface area contributed by atoms with Gasteiger partial charge in [-0.25, -0.2) is 4.79 Å². The van der Waals surface area contributed by atoms with Gasteiger partial charge in [-0.05, 0) is 0 Å². The topological polar surface area (TPSA) is 54.0 Å². The van der Waals surface area contributed by atoms with Crippen molar-refractivity contribution in [3.05, 3.63) is 36.7 Å². The summed E-state index contributed by atoms with van der Waals surface area (Å²) in [5, 5.41) is 7.21. The van der Waals surface area contributed by atoms with E-state index in [9.17, 15) is 4.79 Å². The Morgan fingerprint density at radius 2 is 2.07 bits per heavy atom. The minimum absolute atomic E-state index is 0.242. The third kappa shape index (κ3) is 1.88. The normalized spacial score (nSPS) is 9.93. The van der Waals surface area contributed by atoms with Crippen LogP contribution in [0.3, 0.4) is 0 Å². The summed E-state index contributed by atoms with van der Waals surface area (Å²) in [5.74, 6) is 0. The lowest BCUT2D eigenvalue weighted by atomic mass is 10.1. The number of benzene rings is 1. The Morgan fingerprint density at radius 1 is 1.27 bits per heavy atom. The molecule has 4 heteroatoms. The number of nitrogens with zero attached hydrogens (tertiary/aromatic N) is 1. The van der Waals surface area contributed by atoms with Crippen molar-refractivity contribution in [3.63, 3.8) is 0 Å². The maximum absolute atomic E-state index is 11.2. The van der Waals surface area contributed by atoms with Crippen molar-refractivity contribution < 1.29 is 4.79 Å².